The van der Waals surface area contributed by atoms with E-state index >= 15 is 0 Å². The molecule has 0 saturated carbocycles. The van der Waals surface area contributed by atoms with E-state index in [0.29, 0.717) is 10.7 Å². The summed E-state index contributed by atoms with van der Waals surface area (Å²) in [6.07, 6.45) is 1.52. The molecule has 4 nitrogen and oxygen atoms in total. The van der Waals surface area contributed by atoms with Crippen LogP contribution in [0.1, 0.15) is 10.5 Å². The van der Waals surface area contributed by atoms with Gasteiger partial charge in [0.1, 0.15) is 21.0 Å². The van der Waals surface area contributed by atoms with Gasteiger partial charge >= 0.3 is 5.97 Å². The van der Waals surface area contributed by atoms with Crippen molar-refractivity contribution in [1.82, 2.24) is 9.97 Å². The number of esters is 1. The number of aromatic nitrogens is 2. The summed E-state index contributed by atoms with van der Waals surface area (Å²) in [6.45, 7) is 3.67. The van der Waals surface area contributed by atoms with Crippen molar-refractivity contribution in [2.75, 3.05) is 6.61 Å². The van der Waals surface area contributed by atoms with Gasteiger partial charge in [-0.2, -0.15) is 0 Å². The van der Waals surface area contributed by atoms with Gasteiger partial charge in [0.15, 0.2) is 5.69 Å². The molecule has 0 aliphatic carbocycles. The van der Waals surface area contributed by atoms with Gasteiger partial charge in [0, 0.05) is 5.38 Å². The number of hydrogen-bond donors (Lipinski definition) is 0. The molecule has 2 aromatic heterocycles. The summed E-state index contributed by atoms with van der Waals surface area (Å²) in [5.74, 6) is -0.442. The Morgan fingerprint density at radius 1 is 1.50 bits per heavy atom. The van der Waals surface area contributed by atoms with Crippen LogP contribution in [0.25, 0.3) is 10.7 Å². The summed E-state index contributed by atoms with van der Waals surface area (Å²) in [5.41, 5.74) is 1.06. The summed E-state index contributed by atoms with van der Waals surface area (Å²) in [4.78, 5) is 20.1. The van der Waals surface area contributed by atoms with Gasteiger partial charge in [-0.25, -0.2) is 14.8 Å². The van der Waals surface area contributed by atoms with Crippen LogP contribution in [0.5, 0.6) is 0 Å². The Balaban J connectivity index is 2.20. The largest absolute Gasteiger partial charge is 0.457 e. The topological polar surface area (TPSA) is 52.1 Å². The number of halogens is 1. The molecule has 18 heavy (non-hydrogen) atoms. The van der Waals surface area contributed by atoms with Gasteiger partial charge in [-0.05, 0) is 34.7 Å². The SMILES string of the molecule is C=CCOC(=O)c1csc(-c2cccc(I)n2)n1. The molecule has 0 N–H and O–H groups in total. The Kier molecular flexibility index (Phi) is 4.43. The van der Waals surface area contributed by atoms with Gasteiger partial charge in [-0.3, -0.25) is 0 Å². The minimum Gasteiger partial charge on any atom is -0.457 e. The van der Waals surface area contributed by atoms with Gasteiger partial charge < -0.3 is 4.74 Å². The average molecular weight is 372 g/mol. The van der Waals surface area contributed by atoms with Crippen LogP contribution in [-0.2, 0) is 4.74 Å². The first-order valence-corrected chi connectivity index (χ1v) is 7.03. The highest BCUT2D eigenvalue weighted by molar-refractivity contribution is 14.1. The van der Waals surface area contributed by atoms with E-state index in [2.05, 4.69) is 39.1 Å². The highest BCUT2D eigenvalue weighted by Gasteiger charge is 2.13. The minimum atomic E-state index is -0.442. The maximum atomic E-state index is 11.6. The smallest absolute Gasteiger partial charge is 0.358 e. The maximum absolute atomic E-state index is 11.6. The standard InChI is InChI=1S/C12H9IN2O2S/c1-2-6-17-12(16)9-7-18-11(15-9)8-4-3-5-10(13)14-8/h2-5,7H,1,6H2. The fourth-order valence-corrected chi connectivity index (χ4v) is 2.45. The average Bonchev–Trinajstić information content (AvgIpc) is 2.85. The lowest BCUT2D eigenvalue weighted by atomic mass is 10.4. The molecule has 6 heteroatoms. The van der Waals surface area contributed by atoms with Crippen molar-refractivity contribution in [1.29, 1.82) is 0 Å². The molecule has 2 rings (SSSR count). The zero-order valence-electron chi connectivity index (χ0n) is 9.30. The molecule has 0 aromatic carbocycles. The van der Waals surface area contributed by atoms with Crippen LogP contribution in [0.4, 0.5) is 0 Å². The maximum Gasteiger partial charge on any atom is 0.358 e. The molecule has 2 heterocycles. The van der Waals surface area contributed by atoms with Crippen molar-refractivity contribution >= 4 is 39.9 Å². The monoisotopic (exact) mass is 372 g/mol. The number of thiazole rings is 1. The lowest BCUT2D eigenvalue weighted by Crippen LogP contribution is -2.05. The molecule has 0 radical (unpaired) electrons. The molecule has 92 valence electrons. The highest BCUT2D eigenvalue weighted by atomic mass is 127. The number of hydrogen-bond acceptors (Lipinski definition) is 5. The van der Waals surface area contributed by atoms with Crippen molar-refractivity contribution in [3.05, 3.63) is 45.6 Å². The molecule has 0 aliphatic heterocycles. The fraction of sp³-hybridized carbons (Fsp3) is 0.0833. The Labute approximate surface area is 122 Å². The van der Waals surface area contributed by atoms with Gasteiger partial charge in [0.2, 0.25) is 0 Å². The number of ether oxygens (including phenoxy) is 1. The van der Waals surface area contributed by atoms with Crippen molar-refractivity contribution in [2.24, 2.45) is 0 Å². The first-order chi connectivity index (χ1) is 8.70. The Hall–Kier alpha value is -1.28. The van der Waals surface area contributed by atoms with E-state index in [9.17, 15) is 4.79 Å². The third kappa shape index (κ3) is 3.14. The predicted octanol–water partition coefficient (Wildman–Crippen LogP) is 3.15. The lowest BCUT2D eigenvalue weighted by Gasteiger charge is -1.97. The number of nitrogens with zero attached hydrogens (tertiary/aromatic N) is 2. The lowest BCUT2D eigenvalue weighted by molar-refractivity contribution is 0.0544. The van der Waals surface area contributed by atoms with E-state index in [0.717, 1.165) is 9.39 Å². The summed E-state index contributed by atoms with van der Waals surface area (Å²) in [6, 6.07) is 5.66. The Bertz CT molecular complexity index is 583. The molecule has 0 saturated heterocycles. The van der Waals surface area contributed by atoms with E-state index < -0.39 is 5.97 Å². The molecule has 0 unspecified atom stereocenters. The summed E-state index contributed by atoms with van der Waals surface area (Å²) >= 11 is 3.50. The highest BCUT2D eigenvalue weighted by Crippen LogP contribution is 2.22. The van der Waals surface area contributed by atoms with Crippen LogP contribution < -0.4 is 0 Å². The quantitative estimate of drug-likeness (QED) is 0.358. The number of carbonyl (C=O) groups is 1. The van der Waals surface area contributed by atoms with Crippen LogP contribution in [0.15, 0.2) is 36.2 Å². The van der Waals surface area contributed by atoms with Crippen molar-refractivity contribution in [3.8, 4) is 10.7 Å². The fourth-order valence-electron chi connectivity index (χ4n) is 1.22. The van der Waals surface area contributed by atoms with Crippen LogP contribution in [0, 0.1) is 3.70 Å². The van der Waals surface area contributed by atoms with Crippen LogP contribution >= 0.6 is 33.9 Å². The van der Waals surface area contributed by atoms with Gasteiger partial charge in [0.25, 0.3) is 0 Å². The molecule has 0 spiro atoms. The molecular formula is C12H9IN2O2S. The second-order valence-corrected chi connectivity index (χ2v) is 5.23. The van der Waals surface area contributed by atoms with E-state index in [1.54, 1.807) is 5.38 Å². The Morgan fingerprint density at radius 2 is 2.33 bits per heavy atom. The molecule has 0 aliphatic rings. The molecule has 0 atom stereocenters. The second kappa shape index (κ2) is 6.05. The third-order valence-corrected chi connectivity index (χ3v) is 3.45. The van der Waals surface area contributed by atoms with Gasteiger partial charge in [-0.15, -0.1) is 11.3 Å². The zero-order valence-corrected chi connectivity index (χ0v) is 12.3. The summed E-state index contributed by atoms with van der Waals surface area (Å²) in [7, 11) is 0. The summed E-state index contributed by atoms with van der Waals surface area (Å²) in [5, 5.41) is 2.38. The minimum absolute atomic E-state index is 0.188. The molecule has 0 fully saturated rings. The third-order valence-electron chi connectivity index (χ3n) is 1.98. The number of carbonyl (C=O) groups excluding carboxylic acids is 1. The first kappa shape index (κ1) is 13.2. The second-order valence-electron chi connectivity index (χ2n) is 3.27. The summed E-state index contributed by atoms with van der Waals surface area (Å²) < 4.78 is 5.80. The van der Waals surface area contributed by atoms with E-state index in [1.807, 2.05) is 18.2 Å². The van der Waals surface area contributed by atoms with Crippen molar-refractivity contribution in [2.45, 2.75) is 0 Å². The Morgan fingerprint density at radius 3 is 3.06 bits per heavy atom. The van der Waals surface area contributed by atoms with Crippen molar-refractivity contribution < 1.29 is 9.53 Å². The van der Waals surface area contributed by atoms with E-state index in [4.69, 9.17) is 4.74 Å². The van der Waals surface area contributed by atoms with Crippen LogP contribution in [-0.4, -0.2) is 22.5 Å². The molecule has 2 aromatic rings. The number of rotatable bonds is 4. The van der Waals surface area contributed by atoms with Gasteiger partial charge in [0.05, 0.1) is 0 Å². The number of pyridine rings is 1. The van der Waals surface area contributed by atoms with E-state index in [1.165, 1.54) is 17.4 Å². The van der Waals surface area contributed by atoms with Crippen LogP contribution in [0.3, 0.4) is 0 Å². The molecule has 0 amide bonds. The van der Waals surface area contributed by atoms with Crippen LogP contribution in [0.2, 0.25) is 0 Å². The van der Waals surface area contributed by atoms with E-state index in [-0.39, 0.29) is 6.61 Å². The molecule has 0 bridgehead atoms. The normalized spacial score (nSPS) is 10.1. The zero-order chi connectivity index (χ0) is 13.0. The molecular weight excluding hydrogens is 363 g/mol. The van der Waals surface area contributed by atoms with Crippen molar-refractivity contribution in [3.63, 3.8) is 0 Å². The predicted molar refractivity (Wildman–Crippen MR) is 78.5 cm³/mol. The first-order valence-electron chi connectivity index (χ1n) is 5.07. The van der Waals surface area contributed by atoms with Gasteiger partial charge in [-0.1, -0.05) is 18.7 Å².